The summed E-state index contributed by atoms with van der Waals surface area (Å²) < 4.78 is 27.1. The lowest BCUT2D eigenvalue weighted by molar-refractivity contribution is 0.391. The van der Waals surface area contributed by atoms with Crippen molar-refractivity contribution >= 4 is 10.0 Å². The molecule has 1 aliphatic rings. The first kappa shape index (κ1) is 14.4. The van der Waals surface area contributed by atoms with E-state index in [0.29, 0.717) is 6.54 Å². The number of aromatic nitrogens is 1. The van der Waals surface area contributed by atoms with Crippen molar-refractivity contribution in [1.82, 2.24) is 9.29 Å². The lowest BCUT2D eigenvalue weighted by atomic mass is 10.2. The van der Waals surface area contributed by atoms with E-state index in [-0.39, 0.29) is 11.8 Å². The maximum absolute atomic E-state index is 12.7. The number of benzene rings is 1. The SMILES string of the molecule is Cc1ccc(CS(=O)(=O)N2CCCC2c2ccc[nH]2)cc1. The smallest absolute Gasteiger partial charge is 0.218 e. The molecule has 1 fully saturated rings. The van der Waals surface area contributed by atoms with Gasteiger partial charge in [0.1, 0.15) is 0 Å². The Bertz CT molecular complexity index is 690. The van der Waals surface area contributed by atoms with Crippen molar-refractivity contribution in [3.63, 3.8) is 0 Å². The Morgan fingerprint density at radius 3 is 2.67 bits per heavy atom. The number of hydrogen-bond donors (Lipinski definition) is 1. The van der Waals surface area contributed by atoms with E-state index in [1.165, 1.54) is 0 Å². The van der Waals surface area contributed by atoms with Crippen LogP contribution >= 0.6 is 0 Å². The molecule has 112 valence electrons. The zero-order chi connectivity index (χ0) is 14.9. The van der Waals surface area contributed by atoms with Gasteiger partial charge >= 0.3 is 0 Å². The Morgan fingerprint density at radius 1 is 1.24 bits per heavy atom. The number of aromatic amines is 1. The second kappa shape index (κ2) is 5.66. The minimum absolute atomic E-state index is 0.0459. The van der Waals surface area contributed by atoms with E-state index in [2.05, 4.69) is 4.98 Å². The van der Waals surface area contributed by atoms with E-state index in [1.54, 1.807) is 4.31 Å². The van der Waals surface area contributed by atoms with Gasteiger partial charge in [0.2, 0.25) is 10.0 Å². The van der Waals surface area contributed by atoms with Gasteiger partial charge in [0, 0.05) is 18.4 Å². The highest BCUT2D eigenvalue weighted by atomic mass is 32.2. The van der Waals surface area contributed by atoms with Crippen molar-refractivity contribution in [2.75, 3.05) is 6.54 Å². The van der Waals surface area contributed by atoms with Crippen LogP contribution in [0.15, 0.2) is 42.6 Å². The molecule has 1 unspecified atom stereocenters. The van der Waals surface area contributed by atoms with Crippen molar-refractivity contribution in [2.45, 2.75) is 31.6 Å². The van der Waals surface area contributed by atoms with Crippen LogP contribution in [0.1, 0.15) is 35.7 Å². The standard InChI is InChI=1S/C16H20N2O2S/c1-13-6-8-14(9-7-13)12-21(19,20)18-11-3-5-16(18)15-4-2-10-17-15/h2,4,6-10,16-17H,3,5,11-12H2,1H3. The molecule has 0 bridgehead atoms. The van der Waals surface area contributed by atoms with Crippen LogP contribution in [-0.2, 0) is 15.8 Å². The van der Waals surface area contributed by atoms with Gasteiger partial charge in [-0.15, -0.1) is 0 Å². The second-order valence-corrected chi connectivity index (χ2v) is 7.56. The van der Waals surface area contributed by atoms with E-state index in [0.717, 1.165) is 29.7 Å². The topological polar surface area (TPSA) is 53.2 Å². The summed E-state index contributed by atoms with van der Waals surface area (Å²) in [7, 11) is -3.29. The summed E-state index contributed by atoms with van der Waals surface area (Å²) in [5.41, 5.74) is 2.97. The van der Waals surface area contributed by atoms with E-state index in [4.69, 9.17) is 0 Å². The molecule has 1 N–H and O–H groups in total. The zero-order valence-electron chi connectivity index (χ0n) is 12.1. The van der Waals surface area contributed by atoms with Gasteiger partial charge in [-0.1, -0.05) is 29.8 Å². The first-order valence-corrected chi connectivity index (χ1v) is 8.85. The third-order valence-corrected chi connectivity index (χ3v) is 5.86. The van der Waals surface area contributed by atoms with Gasteiger partial charge in [0.25, 0.3) is 0 Å². The molecular formula is C16H20N2O2S. The molecule has 0 aliphatic carbocycles. The van der Waals surface area contributed by atoms with E-state index >= 15 is 0 Å². The Labute approximate surface area is 125 Å². The fourth-order valence-corrected chi connectivity index (χ4v) is 4.71. The fourth-order valence-electron chi connectivity index (χ4n) is 2.91. The molecule has 3 rings (SSSR count). The Kier molecular flexibility index (Phi) is 3.87. The highest BCUT2D eigenvalue weighted by Gasteiger charge is 2.35. The third kappa shape index (κ3) is 3.04. The average Bonchev–Trinajstić information content (AvgIpc) is 3.11. The minimum atomic E-state index is -3.29. The summed E-state index contributed by atoms with van der Waals surface area (Å²) in [4.78, 5) is 3.15. The normalized spacial score (nSPS) is 20.0. The number of rotatable bonds is 4. The molecule has 1 atom stereocenters. The molecule has 2 aromatic rings. The van der Waals surface area contributed by atoms with E-state index in [1.807, 2.05) is 49.5 Å². The van der Waals surface area contributed by atoms with Gasteiger partial charge in [-0.25, -0.2) is 8.42 Å². The molecular weight excluding hydrogens is 284 g/mol. The lowest BCUT2D eigenvalue weighted by Gasteiger charge is -2.23. The van der Waals surface area contributed by atoms with Gasteiger partial charge in [0.15, 0.2) is 0 Å². The summed E-state index contributed by atoms with van der Waals surface area (Å²) in [5, 5.41) is 0. The van der Waals surface area contributed by atoms with Crippen molar-refractivity contribution in [1.29, 1.82) is 0 Å². The number of hydrogen-bond acceptors (Lipinski definition) is 2. The quantitative estimate of drug-likeness (QED) is 0.944. The first-order chi connectivity index (χ1) is 10.1. The number of sulfonamides is 1. The van der Waals surface area contributed by atoms with Crippen LogP contribution in [0, 0.1) is 6.92 Å². The Morgan fingerprint density at radius 2 is 2.00 bits per heavy atom. The molecule has 0 amide bonds. The molecule has 0 saturated carbocycles. The third-order valence-electron chi connectivity index (χ3n) is 4.01. The van der Waals surface area contributed by atoms with Crippen LogP contribution in [-0.4, -0.2) is 24.3 Å². The zero-order valence-corrected chi connectivity index (χ0v) is 12.9. The summed E-state index contributed by atoms with van der Waals surface area (Å²) in [5.74, 6) is 0.0739. The highest BCUT2D eigenvalue weighted by Crippen LogP contribution is 2.34. The average molecular weight is 304 g/mol. The molecule has 1 saturated heterocycles. The van der Waals surface area contributed by atoms with Gasteiger partial charge in [-0.2, -0.15) is 4.31 Å². The molecule has 0 radical (unpaired) electrons. The van der Waals surface area contributed by atoms with Crippen LogP contribution in [0.5, 0.6) is 0 Å². The summed E-state index contributed by atoms with van der Waals surface area (Å²) in [6.07, 6.45) is 3.64. The molecule has 1 aliphatic heterocycles. The molecule has 4 nitrogen and oxygen atoms in total. The molecule has 5 heteroatoms. The molecule has 0 spiro atoms. The van der Waals surface area contributed by atoms with Gasteiger partial charge in [-0.3, -0.25) is 0 Å². The number of aryl methyl sites for hydroxylation is 1. The molecule has 1 aromatic carbocycles. The summed E-state index contributed by atoms with van der Waals surface area (Å²) >= 11 is 0. The number of H-pyrrole nitrogens is 1. The minimum Gasteiger partial charge on any atom is -0.364 e. The van der Waals surface area contributed by atoms with Gasteiger partial charge < -0.3 is 4.98 Å². The second-order valence-electron chi connectivity index (χ2n) is 5.64. The fraction of sp³-hybridized carbons (Fsp3) is 0.375. The maximum Gasteiger partial charge on any atom is 0.218 e. The maximum atomic E-state index is 12.7. The highest BCUT2D eigenvalue weighted by molar-refractivity contribution is 7.88. The van der Waals surface area contributed by atoms with E-state index in [9.17, 15) is 8.42 Å². The van der Waals surface area contributed by atoms with Crippen LogP contribution in [0.2, 0.25) is 0 Å². The van der Waals surface area contributed by atoms with Crippen LogP contribution in [0.4, 0.5) is 0 Å². The molecule has 1 aromatic heterocycles. The monoisotopic (exact) mass is 304 g/mol. The summed E-state index contributed by atoms with van der Waals surface area (Å²) in [6.45, 7) is 2.61. The Balaban J connectivity index is 1.82. The van der Waals surface area contributed by atoms with Crippen molar-refractivity contribution < 1.29 is 8.42 Å². The predicted molar refractivity (Wildman–Crippen MR) is 83.3 cm³/mol. The largest absolute Gasteiger partial charge is 0.364 e. The van der Waals surface area contributed by atoms with Gasteiger partial charge in [-0.05, 0) is 37.5 Å². The number of nitrogens with one attached hydrogen (secondary N) is 1. The van der Waals surface area contributed by atoms with Crippen molar-refractivity contribution in [3.8, 4) is 0 Å². The first-order valence-electron chi connectivity index (χ1n) is 7.24. The lowest BCUT2D eigenvalue weighted by Crippen LogP contribution is -2.31. The van der Waals surface area contributed by atoms with Crippen LogP contribution < -0.4 is 0 Å². The predicted octanol–water partition coefficient (Wildman–Crippen LogP) is 2.99. The van der Waals surface area contributed by atoms with E-state index < -0.39 is 10.0 Å². The molecule has 2 heterocycles. The van der Waals surface area contributed by atoms with Crippen molar-refractivity contribution in [2.24, 2.45) is 0 Å². The Hall–Kier alpha value is -1.59. The van der Waals surface area contributed by atoms with Crippen LogP contribution in [0.3, 0.4) is 0 Å². The van der Waals surface area contributed by atoms with Gasteiger partial charge in [0.05, 0.1) is 11.8 Å². The summed E-state index contributed by atoms with van der Waals surface area (Å²) in [6, 6.07) is 11.5. The molecule has 21 heavy (non-hydrogen) atoms. The number of nitrogens with zero attached hydrogens (tertiary/aromatic N) is 1. The van der Waals surface area contributed by atoms with Crippen molar-refractivity contribution in [3.05, 3.63) is 59.4 Å². The van der Waals surface area contributed by atoms with Crippen LogP contribution in [0.25, 0.3) is 0 Å².